The van der Waals surface area contributed by atoms with Gasteiger partial charge in [0.2, 0.25) is 0 Å². The van der Waals surface area contributed by atoms with E-state index in [1.54, 1.807) is 25.0 Å². The van der Waals surface area contributed by atoms with Gasteiger partial charge in [-0.15, -0.1) is 0 Å². The highest BCUT2D eigenvalue weighted by atomic mass is 79.9. The molecule has 0 N–H and O–H groups in total. The zero-order valence-corrected chi connectivity index (χ0v) is 25.3. The van der Waals surface area contributed by atoms with E-state index < -0.39 is 0 Å². The molecular weight excluding hydrogens is 614 g/mol. The molecule has 0 aliphatic heterocycles. The average molecular weight is 641 g/mol. The summed E-state index contributed by atoms with van der Waals surface area (Å²) in [6.07, 6.45) is 1.72. The van der Waals surface area contributed by atoms with Gasteiger partial charge in [0, 0.05) is 16.4 Å². The van der Waals surface area contributed by atoms with Crippen molar-refractivity contribution >= 4 is 33.3 Å². The first-order valence-corrected chi connectivity index (χ1v) is 14.9. The van der Waals surface area contributed by atoms with E-state index in [2.05, 4.69) is 20.9 Å². The standard InChI is InChI=1S/C32H26BrN5O3S/c1-40-25-14-6-21(7-15-25)19-37-31(42-20-22-8-16-26(41-2)17-9-22)35-30-28(23-10-12-24(33)13-11-23)29(36-38(30)32(37)39)27-5-3-4-18-34-27/h3-18H,19-20H2,1-2H3. The number of benzene rings is 3. The van der Waals surface area contributed by atoms with Crippen LogP contribution in [0.3, 0.4) is 0 Å². The number of ether oxygens (including phenoxy) is 2. The lowest BCUT2D eigenvalue weighted by atomic mass is 10.0. The maximum Gasteiger partial charge on any atom is 0.353 e. The Balaban J connectivity index is 1.53. The van der Waals surface area contributed by atoms with Crippen LogP contribution in [0.1, 0.15) is 11.1 Å². The minimum Gasteiger partial charge on any atom is -0.497 e. The van der Waals surface area contributed by atoms with Crippen molar-refractivity contribution in [3.8, 4) is 34.0 Å². The zero-order valence-electron chi connectivity index (χ0n) is 22.9. The van der Waals surface area contributed by atoms with Gasteiger partial charge in [0.1, 0.15) is 17.2 Å². The Morgan fingerprint density at radius 1 is 0.833 bits per heavy atom. The fraction of sp³-hybridized carbons (Fsp3) is 0.125. The van der Waals surface area contributed by atoms with Gasteiger partial charge in [0.25, 0.3) is 0 Å². The van der Waals surface area contributed by atoms with Crippen LogP contribution in [0.5, 0.6) is 11.5 Å². The maximum atomic E-state index is 14.2. The van der Waals surface area contributed by atoms with Crippen molar-refractivity contribution in [3.63, 3.8) is 0 Å². The first-order valence-electron chi connectivity index (χ1n) is 13.1. The molecule has 0 atom stereocenters. The molecule has 0 amide bonds. The van der Waals surface area contributed by atoms with Crippen LogP contribution in [-0.2, 0) is 12.3 Å². The summed E-state index contributed by atoms with van der Waals surface area (Å²) in [5.74, 6) is 2.16. The molecule has 6 aromatic rings. The van der Waals surface area contributed by atoms with Gasteiger partial charge in [-0.3, -0.25) is 9.55 Å². The fourth-order valence-corrected chi connectivity index (χ4v) is 5.79. The van der Waals surface area contributed by atoms with Crippen LogP contribution >= 0.6 is 27.7 Å². The maximum absolute atomic E-state index is 14.2. The molecule has 0 unspecified atom stereocenters. The second-order valence-corrected chi connectivity index (χ2v) is 11.3. The van der Waals surface area contributed by atoms with Gasteiger partial charge in [-0.25, -0.2) is 9.78 Å². The Hall–Kier alpha value is -4.41. The highest BCUT2D eigenvalue weighted by Gasteiger charge is 2.23. The van der Waals surface area contributed by atoms with Gasteiger partial charge in [0.05, 0.1) is 32.0 Å². The van der Waals surface area contributed by atoms with Crippen molar-refractivity contribution in [1.82, 2.24) is 24.1 Å². The highest BCUT2D eigenvalue weighted by molar-refractivity contribution is 9.10. The third-order valence-electron chi connectivity index (χ3n) is 6.77. The Morgan fingerprint density at radius 2 is 1.50 bits per heavy atom. The van der Waals surface area contributed by atoms with E-state index in [0.717, 1.165) is 38.2 Å². The van der Waals surface area contributed by atoms with Crippen molar-refractivity contribution < 1.29 is 9.47 Å². The van der Waals surface area contributed by atoms with Crippen LogP contribution in [-0.4, -0.2) is 38.4 Å². The number of thioether (sulfide) groups is 1. The monoisotopic (exact) mass is 639 g/mol. The minimum atomic E-state index is -0.284. The summed E-state index contributed by atoms with van der Waals surface area (Å²) in [5.41, 5.74) is 5.11. The van der Waals surface area contributed by atoms with Crippen LogP contribution in [0.4, 0.5) is 0 Å². The summed E-state index contributed by atoms with van der Waals surface area (Å²) < 4.78 is 14.6. The summed E-state index contributed by atoms with van der Waals surface area (Å²) in [6, 6.07) is 29.1. The molecule has 0 saturated heterocycles. The molecule has 10 heteroatoms. The highest BCUT2D eigenvalue weighted by Crippen LogP contribution is 2.35. The number of halogens is 1. The molecule has 6 rings (SSSR count). The molecule has 0 radical (unpaired) electrons. The normalized spacial score (nSPS) is 11.1. The average Bonchev–Trinajstić information content (AvgIpc) is 3.42. The number of rotatable bonds is 9. The van der Waals surface area contributed by atoms with Gasteiger partial charge in [0.15, 0.2) is 10.8 Å². The van der Waals surface area contributed by atoms with Crippen LogP contribution < -0.4 is 15.2 Å². The zero-order chi connectivity index (χ0) is 29.1. The van der Waals surface area contributed by atoms with E-state index in [-0.39, 0.29) is 5.69 Å². The van der Waals surface area contributed by atoms with Gasteiger partial charge >= 0.3 is 5.69 Å². The third-order valence-corrected chi connectivity index (χ3v) is 8.35. The molecule has 3 aromatic heterocycles. The third kappa shape index (κ3) is 5.68. The molecule has 0 aliphatic carbocycles. The first kappa shape index (κ1) is 27.7. The van der Waals surface area contributed by atoms with Gasteiger partial charge in [-0.2, -0.15) is 9.61 Å². The number of hydrogen-bond donors (Lipinski definition) is 0. The number of fused-ring (bicyclic) bond motifs is 1. The predicted octanol–water partition coefficient (Wildman–Crippen LogP) is 6.74. The molecule has 0 bridgehead atoms. The SMILES string of the molecule is COc1ccc(CSc2nc3c(-c4ccc(Br)cc4)c(-c4ccccn4)nn3c(=O)n2Cc2ccc(OC)cc2)cc1. The molecule has 210 valence electrons. The topological polar surface area (TPSA) is 83.5 Å². The first-order chi connectivity index (χ1) is 20.5. The van der Waals surface area contributed by atoms with E-state index in [1.807, 2.05) is 91.0 Å². The lowest BCUT2D eigenvalue weighted by molar-refractivity contribution is 0.414. The van der Waals surface area contributed by atoms with E-state index in [0.29, 0.717) is 34.5 Å². The molecular formula is C32H26BrN5O3S. The van der Waals surface area contributed by atoms with Gasteiger partial charge < -0.3 is 9.47 Å². The number of aromatic nitrogens is 5. The van der Waals surface area contributed by atoms with Crippen molar-refractivity contribution in [2.45, 2.75) is 17.5 Å². The lowest BCUT2D eigenvalue weighted by Crippen LogP contribution is -2.30. The van der Waals surface area contributed by atoms with Crippen molar-refractivity contribution in [3.05, 3.63) is 123 Å². The van der Waals surface area contributed by atoms with Crippen molar-refractivity contribution in [2.75, 3.05) is 14.2 Å². The molecule has 3 aromatic carbocycles. The molecule has 42 heavy (non-hydrogen) atoms. The van der Waals surface area contributed by atoms with Crippen molar-refractivity contribution in [1.29, 1.82) is 0 Å². The van der Waals surface area contributed by atoms with Gasteiger partial charge in [-0.05, 0) is 65.2 Å². The second-order valence-electron chi connectivity index (χ2n) is 9.43. The van der Waals surface area contributed by atoms with Crippen LogP contribution in [0, 0.1) is 0 Å². The summed E-state index contributed by atoms with van der Waals surface area (Å²) in [7, 11) is 3.28. The van der Waals surface area contributed by atoms with E-state index in [1.165, 1.54) is 16.3 Å². The summed E-state index contributed by atoms with van der Waals surface area (Å²) >= 11 is 5.03. The van der Waals surface area contributed by atoms with Crippen molar-refractivity contribution in [2.24, 2.45) is 0 Å². The Morgan fingerprint density at radius 3 is 2.12 bits per heavy atom. The van der Waals surface area contributed by atoms with E-state index in [9.17, 15) is 4.79 Å². The number of hydrogen-bond acceptors (Lipinski definition) is 7. The Bertz CT molecular complexity index is 1890. The molecule has 8 nitrogen and oxygen atoms in total. The second kappa shape index (κ2) is 12.2. The molecule has 0 saturated carbocycles. The molecule has 0 fully saturated rings. The predicted molar refractivity (Wildman–Crippen MR) is 168 cm³/mol. The Labute approximate surface area is 255 Å². The number of pyridine rings is 1. The van der Waals surface area contributed by atoms with Crippen LogP contribution in [0.25, 0.3) is 28.2 Å². The summed E-state index contributed by atoms with van der Waals surface area (Å²) in [6.45, 7) is 0.323. The Kier molecular flexibility index (Phi) is 8.07. The minimum absolute atomic E-state index is 0.284. The van der Waals surface area contributed by atoms with Gasteiger partial charge in [-0.1, -0.05) is 70.2 Å². The fourth-order valence-electron chi connectivity index (χ4n) is 4.59. The molecule has 3 heterocycles. The summed E-state index contributed by atoms with van der Waals surface area (Å²) in [5, 5.41) is 5.38. The lowest BCUT2D eigenvalue weighted by Gasteiger charge is -2.13. The number of nitrogens with zero attached hydrogens (tertiary/aromatic N) is 5. The van der Waals surface area contributed by atoms with Crippen LogP contribution in [0.15, 0.2) is 112 Å². The number of methoxy groups -OCH3 is 2. The quantitative estimate of drug-likeness (QED) is 0.162. The summed E-state index contributed by atoms with van der Waals surface area (Å²) in [4.78, 5) is 23.8. The van der Waals surface area contributed by atoms with Crippen LogP contribution in [0.2, 0.25) is 0 Å². The van der Waals surface area contributed by atoms with E-state index in [4.69, 9.17) is 19.6 Å². The smallest absolute Gasteiger partial charge is 0.353 e. The largest absolute Gasteiger partial charge is 0.497 e. The molecule has 0 aliphatic rings. The van der Waals surface area contributed by atoms with E-state index >= 15 is 0 Å². The molecule has 0 spiro atoms.